The maximum atomic E-state index is 13.2. The van der Waals surface area contributed by atoms with Crippen LogP contribution in [0.5, 0.6) is 0 Å². The molecule has 1 atom stereocenters. The number of hydrogen-bond donors (Lipinski definition) is 2. The van der Waals surface area contributed by atoms with E-state index >= 15 is 0 Å². The third-order valence-electron chi connectivity index (χ3n) is 5.67. The molecule has 168 valence electrons. The van der Waals surface area contributed by atoms with E-state index in [1.807, 2.05) is 79.7 Å². The quantitative estimate of drug-likeness (QED) is 0.376. The highest BCUT2D eigenvalue weighted by molar-refractivity contribution is 7.98. The molecule has 1 heterocycles. The van der Waals surface area contributed by atoms with Gasteiger partial charge in [-0.1, -0.05) is 79.7 Å². The molecule has 0 radical (unpaired) electrons. The van der Waals surface area contributed by atoms with Gasteiger partial charge in [-0.15, -0.1) is 11.8 Å². The smallest absolute Gasteiger partial charge is 0.324 e. The van der Waals surface area contributed by atoms with E-state index in [4.69, 9.17) is 0 Å². The van der Waals surface area contributed by atoms with Gasteiger partial charge in [-0.25, -0.2) is 4.79 Å². The lowest BCUT2D eigenvalue weighted by atomic mass is 9.87. The zero-order chi connectivity index (χ0) is 23.3. The summed E-state index contributed by atoms with van der Waals surface area (Å²) >= 11 is 1.61. The third-order valence-corrected chi connectivity index (χ3v) is 6.82. The standard InChI is InChI=1S/C26H25N3O3S/c1-2-26(20-13-7-4-8-14-20)24(31)29(25(32)28-26)17-23(30)27-21-15-9-10-16-22(21)33-18-19-11-5-3-6-12-19/h3-16H,2,17-18H2,1H3,(H,27,30)(H,28,32)/t26-/m1/s1. The lowest BCUT2D eigenvalue weighted by molar-refractivity contribution is -0.134. The van der Waals surface area contributed by atoms with Gasteiger partial charge >= 0.3 is 6.03 Å². The molecule has 1 aliphatic rings. The number of nitrogens with one attached hydrogen (secondary N) is 2. The van der Waals surface area contributed by atoms with Crippen LogP contribution in [0.1, 0.15) is 24.5 Å². The Kier molecular flexibility index (Phi) is 6.79. The van der Waals surface area contributed by atoms with E-state index in [9.17, 15) is 14.4 Å². The molecule has 7 heteroatoms. The minimum atomic E-state index is -1.15. The number of amides is 4. The number of imide groups is 1. The first-order valence-electron chi connectivity index (χ1n) is 10.8. The van der Waals surface area contributed by atoms with Gasteiger partial charge in [0.15, 0.2) is 0 Å². The van der Waals surface area contributed by atoms with Crippen molar-refractivity contribution in [2.75, 3.05) is 11.9 Å². The van der Waals surface area contributed by atoms with Gasteiger partial charge in [-0.05, 0) is 29.7 Å². The molecule has 4 amide bonds. The Labute approximate surface area is 197 Å². The van der Waals surface area contributed by atoms with Crippen LogP contribution in [-0.2, 0) is 20.9 Å². The van der Waals surface area contributed by atoms with Crippen LogP contribution in [0.3, 0.4) is 0 Å². The van der Waals surface area contributed by atoms with E-state index in [0.717, 1.165) is 15.5 Å². The van der Waals surface area contributed by atoms with E-state index < -0.39 is 23.4 Å². The summed E-state index contributed by atoms with van der Waals surface area (Å²) in [5.41, 5.74) is 1.39. The van der Waals surface area contributed by atoms with Crippen LogP contribution in [0.25, 0.3) is 0 Å². The summed E-state index contributed by atoms with van der Waals surface area (Å²) in [6.07, 6.45) is 0.388. The third kappa shape index (κ3) is 4.78. The lowest BCUT2D eigenvalue weighted by Crippen LogP contribution is -2.44. The monoisotopic (exact) mass is 459 g/mol. The van der Waals surface area contributed by atoms with Crippen molar-refractivity contribution in [3.8, 4) is 0 Å². The number of carbonyl (C=O) groups excluding carboxylic acids is 3. The number of carbonyl (C=O) groups is 3. The molecule has 3 aromatic carbocycles. The van der Waals surface area contributed by atoms with Crippen LogP contribution >= 0.6 is 11.8 Å². The fourth-order valence-electron chi connectivity index (χ4n) is 3.90. The van der Waals surface area contributed by atoms with Crippen LogP contribution in [0.15, 0.2) is 89.8 Å². The Morgan fingerprint density at radius 3 is 2.27 bits per heavy atom. The van der Waals surface area contributed by atoms with E-state index in [1.165, 1.54) is 5.56 Å². The Hall–Kier alpha value is -3.58. The van der Waals surface area contributed by atoms with Crippen LogP contribution in [0.4, 0.5) is 10.5 Å². The summed E-state index contributed by atoms with van der Waals surface area (Å²) in [6.45, 7) is 1.49. The first kappa shape index (κ1) is 22.6. The molecule has 33 heavy (non-hydrogen) atoms. The van der Waals surface area contributed by atoms with Crippen molar-refractivity contribution in [3.63, 3.8) is 0 Å². The van der Waals surface area contributed by atoms with Crippen LogP contribution in [-0.4, -0.2) is 29.3 Å². The molecule has 3 aromatic rings. The van der Waals surface area contributed by atoms with E-state index in [1.54, 1.807) is 11.8 Å². The Morgan fingerprint density at radius 2 is 1.58 bits per heavy atom. The van der Waals surface area contributed by atoms with Gasteiger partial charge in [0.2, 0.25) is 5.91 Å². The van der Waals surface area contributed by atoms with Crippen molar-refractivity contribution in [3.05, 3.63) is 96.1 Å². The number of nitrogens with zero attached hydrogens (tertiary/aromatic N) is 1. The van der Waals surface area contributed by atoms with Crippen molar-refractivity contribution in [2.24, 2.45) is 0 Å². The maximum absolute atomic E-state index is 13.2. The maximum Gasteiger partial charge on any atom is 0.325 e. The molecule has 0 aliphatic carbocycles. The number of para-hydroxylation sites is 1. The molecule has 0 spiro atoms. The molecule has 1 aliphatic heterocycles. The second kappa shape index (κ2) is 9.92. The molecule has 0 aromatic heterocycles. The number of hydrogen-bond acceptors (Lipinski definition) is 4. The molecule has 1 saturated heterocycles. The fraction of sp³-hybridized carbons (Fsp3) is 0.192. The van der Waals surface area contributed by atoms with Gasteiger partial charge in [0, 0.05) is 10.6 Å². The number of rotatable bonds is 8. The van der Waals surface area contributed by atoms with Gasteiger partial charge in [0.05, 0.1) is 5.69 Å². The van der Waals surface area contributed by atoms with E-state index in [0.29, 0.717) is 17.7 Å². The second-order valence-electron chi connectivity index (χ2n) is 7.76. The Bertz CT molecular complexity index is 1150. The molecule has 6 nitrogen and oxygen atoms in total. The average Bonchev–Trinajstić information content (AvgIpc) is 3.10. The molecule has 1 fully saturated rings. The van der Waals surface area contributed by atoms with Crippen molar-refractivity contribution in [2.45, 2.75) is 29.5 Å². The number of thioether (sulfide) groups is 1. The predicted molar refractivity (Wildman–Crippen MR) is 130 cm³/mol. The van der Waals surface area contributed by atoms with E-state index in [-0.39, 0.29) is 6.54 Å². The molecular formula is C26H25N3O3S. The normalized spacial score (nSPS) is 17.7. The largest absolute Gasteiger partial charge is 0.325 e. The molecule has 0 bridgehead atoms. The van der Waals surface area contributed by atoms with Gasteiger partial charge in [-0.3, -0.25) is 14.5 Å². The minimum Gasteiger partial charge on any atom is -0.324 e. The SMILES string of the molecule is CC[C@]1(c2ccccc2)NC(=O)N(CC(=O)Nc2ccccc2SCc2ccccc2)C1=O. The summed E-state index contributed by atoms with van der Waals surface area (Å²) in [4.78, 5) is 40.6. The van der Waals surface area contributed by atoms with Gasteiger partial charge in [-0.2, -0.15) is 0 Å². The molecule has 0 unspecified atom stereocenters. The van der Waals surface area contributed by atoms with Crippen LogP contribution in [0.2, 0.25) is 0 Å². The molecule has 4 rings (SSSR count). The summed E-state index contributed by atoms with van der Waals surface area (Å²) in [5.74, 6) is -0.0778. The zero-order valence-electron chi connectivity index (χ0n) is 18.3. The van der Waals surface area contributed by atoms with Crippen molar-refractivity contribution in [1.82, 2.24) is 10.2 Å². The number of urea groups is 1. The Morgan fingerprint density at radius 1 is 0.939 bits per heavy atom. The molecule has 0 saturated carbocycles. The number of anilines is 1. The zero-order valence-corrected chi connectivity index (χ0v) is 19.1. The van der Waals surface area contributed by atoms with Crippen molar-refractivity contribution >= 4 is 35.3 Å². The average molecular weight is 460 g/mol. The van der Waals surface area contributed by atoms with Gasteiger partial charge < -0.3 is 10.6 Å². The number of benzene rings is 3. The first-order chi connectivity index (χ1) is 16.0. The predicted octanol–water partition coefficient (Wildman–Crippen LogP) is 4.77. The van der Waals surface area contributed by atoms with E-state index in [2.05, 4.69) is 22.8 Å². The van der Waals surface area contributed by atoms with Crippen molar-refractivity contribution in [1.29, 1.82) is 0 Å². The summed E-state index contributed by atoms with van der Waals surface area (Å²) in [6, 6.07) is 26.1. The van der Waals surface area contributed by atoms with Crippen molar-refractivity contribution < 1.29 is 14.4 Å². The minimum absolute atomic E-state index is 0.350. The summed E-state index contributed by atoms with van der Waals surface area (Å²) in [7, 11) is 0. The van der Waals surface area contributed by atoms with Crippen LogP contribution < -0.4 is 10.6 Å². The van der Waals surface area contributed by atoms with Gasteiger partial charge in [0.1, 0.15) is 12.1 Å². The van der Waals surface area contributed by atoms with Gasteiger partial charge in [0.25, 0.3) is 5.91 Å². The highest BCUT2D eigenvalue weighted by Gasteiger charge is 2.51. The van der Waals surface area contributed by atoms with Crippen LogP contribution in [0, 0.1) is 0 Å². The summed E-state index contributed by atoms with van der Waals surface area (Å²) in [5, 5.41) is 5.67. The summed E-state index contributed by atoms with van der Waals surface area (Å²) < 4.78 is 0. The molecular weight excluding hydrogens is 434 g/mol. The second-order valence-corrected chi connectivity index (χ2v) is 8.78. The lowest BCUT2D eigenvalue weighted by Gasteiger charge is -2.25. The highest BCUT2D eigenvalue weighted by atomic mass is 32.2. The topological polar surface area (TPSA) is 78.5 Å². The highest BCUT2D eigenvalue weighted by Crippen LogP contribution is 2.33. The molecule has 2 N–H and O–H groups in total. The first-order valence-corrected chi connectivity index (χ1v) is 11.8. The Balaban J connectivity index is 1.45. The fourth-order valence-corrected chi connectivity index (χ4v) is 4.86.